The molecule has 7 nitrogen and oxygen atoms in total. The van der Waals surface area contributed by atoms with Gasteiger partial charge in [0.05, 0.1) is 26.5 Å². The Hall–Kier alpha value is -2.54. The molecule has 1 aliphatic rings. The Morgan fingerprint density at radius 3 is 2.88 bits per heavy atom. The summed E-state index contributed by atoms with van der Waals surface area (Å²) in [6, 6.07) is 7.65. The summed E-state index contributed by atoms with van der Waals surface area (Å²) in [4.78, 5) is 14.5. The van der Waals surface area contributed by atoms with Gasteiger partial charge < -0.3 is 14.0 Å². The molecule has 1 fully saturated rings. The first kappa shape index (κ1) is 17.3. The molecular weight excluding hydrogens is 322 g/mol. The van der Waals surface area contributed by atoms with Crippen LogP contribution in [0.25, 0.3) is 0 Å². The van der Waals surface area contributed by atoms with Crippen LogP contribution < -0.4 is 14.8 Å². The number of aromatic nitrogens is 1. The number of carbonyl (C=O) groups is 1. The van der Waals surface area contributed by atoms with E-state index >= 15 is 0 Å². The first-order chi connectivity index (χ1) is 12.1. The molecule has 1 amide bonds. The molecule has 2 aromatic rings. The van der Waals surface area contributed by atoms with Gasteiger partial charge in [0.25, 0.3) is 0 Å². The fraction of sp³-hybridized carbons (Fsp3) is 0.444. The van der Waals surface area contributed by atoms with E-state index in [2.05, 4.69) is 15.4 Å². The third-order valence-electron chi connectivity index (χ3n) is 4.40. The van der Waals surface area contributed by atoms with Gasteiger partial charge in [-0.25, -0.2) is 0 Å². The lowest BCUT2D eigenvalue weighted by atomic mass is 10.0. The maximum Gasteiger partial charge on any atom is 0.240 e. The third kappa shape index (κ3) is 3.93. The van der Waals surface area contributed by atoms with Gasteiger partial charge >= 0.3 is 0 Å². The summed E-state index contributed by atoms with van der Waals surface area (Å²) >= 11 is 0. The van der Waals surface area contributed by atoms with E-state index in [-0.39, 0.29) is 11.9 Å². The second-order valence-corrected chi connectivity index (χ2v) is 6.12. The zero-order valence-corrected chi connectivity index (χ0v) is 14.7. The maximum absolute atomic E-state index is 12.3. The normalized spacial score (nSPS) is 17.5. The molecule has 0 bridgehead atoms. The van der Waals surface area contributed by atoms with Gasteiger partial charge in [-0.15, -0.1) is 0 Å². The molecule has 1 aromatic carbocycles. The minimum Gasteiger partial charge on any atom is -0.497 e. The molecule has 0 spiro atoms. The summed E-state index contributed by atoms with van der Waals surface area (Å²) in [6.07, 6.45) is 2.02. The van der Waals surface area contributed by atoms with Crippen LogP contribution in [0.15, 0.2) is 28.8 Å². The summed E-state index contributed by atoms with van der Waals surface area (Å²) < 4.78 is 15.8. The monoisotopic (exact) mass is 345 g/mol. The van der Waals surface area contributed by atoms with Crippen LogP contribution in [-0.2, 0) is 4.79 Å². The zero-order valence-electron chi connectivity index (χ0n) is 14.7. The highest BCUT2D eigenvalue weighted by atomic mass is 16.5. The Morgan fingerprint density at radius 1 is 1.36 bits per heavy atom. The minimum absolute atomic E-state index is 0.115. The molecule has 1 atom stereocenters. The fourth-order valence-corrected chi connectivity index (χ4v) is 3.25. The zero-order chi connectivity index (χ0) is 17.8. The van der Waals surface area contributed by atoms with Gasteiger partial charge in [-0.2, -0.15) is 0 Å². The van der Waals surface area contributed by atoms with Crippen LogP contribution >= 0.6 is 0 Å². The van der Waals surface area contributed by atoms with Crippen LogP contribution in [0.3, 0.4) is 0 Å². The molecule has 3 rings (SSSR count). The summed E-state index contributed by atoms with van der Waals surface area (Å²) in [7, 11) is 3.28. The van der Waals surface area contributed by atoms with E-state index in [0.717, 1.165) is 42.1 Å². The first-order valence-electron chi connectivity index (χ1n) is 8.30. The minimum atomic E-state index is -0.115. The number of nitrogens with zero attached hydrogens (tertiary/aromatic N) is 2. The summed E-state index contributed by atoms with van der Waals surface area (Å²) in [5.74, 6) is 1.79. The quantitative estimate of drug-likeness (QED) is 0.867. The van der Waals surface area contributed by atoms with Gasteiger partial charge in [0, 0.05) is 23.7 Å². The van der Waals surface area contributed by atoms with E-state index in [9.17, 15) is 4.79 Å². The van der Waals surface area contributed by atoms with E-state index in [0.29, 0.717) is 12.4 Å². The Bertz CT molecular complexity index is 744. The predicted octanol–water partition coefficient (Wildman–Crippen LogP) is 2.78. The third-order valence-corrected chi connectivity index (χ3v) is 4.40. The van der Waals surface area contributed by atoms with Crippen molar-refractivity contribution in [3.63, 3.8) is 0 Å². The summed E-state index contributed by atoms with van der Waals surface area (Å²) in [6.45, 7) is 2.97. The van der Waals surface area contributed by atoms with Crippen LogP contribution in [0.2, 0.25) is 0 Å². The Kier molecular flexibility index (Phi) is 5.23. The fourth-order valence-electron chi connectivity index (χ4n) is 3.25. The number of carbonyl (C=O) groups excluding carboxylic acids is 1. The van der Waals surface area contributed by atoms with E-state index in [1.54, 1.807) is 20.3 Å². The number of nitrogens with one attached hydrogen (secondary N) is 1. The average molecular weight is 345 g/mol. The Morgan fingerprint density at radius 2 is 2.20 bits per heavy atom. The first-order valence-corrected chi connectivity index (χ1v) is 8.30. The number of anilines is 1. The van der Waals surface area contributed by atoms with E-state index in [1.165, 1.54) is 0 Å². The number of aryl methyl sites for hydroxylation is 1. The van der Waals surface area contributed by atoms with Crippen molar-refractivity contribution in [3.05, 3.63) is 35.5 Å². The van der Waals surface area contributed by atoms with Gasteiger partial charge in [-0.3, -0.25) is 15.0 Å². The molecule has 1 aliphatic heterocycles. The summed E-state index contributed by atoms with van der Waals surface area (Å²) in [5, 5.41) is 6.52. The van der Waals surface area contributed by atoms with Gasteiger partial charge in [0.1, 0.15) is 11.5 Å². The SMILES string of the molecule is COc1ccc(C2CCCN2CC(=O)Nc2cc(C)no2)c(OC)c1. The van der Waals surface area contributed by atoms with Crippen molar-refractivity contribution in [3.8, 4) is 11.5 Å². The van der Waals surface area contributed by atoms with Crippen molar-refractivity contribution in [2.45, 2.75) is 25.8 Å². The van der Waals surface area contributed by atoms with Gasteiger partial charge in [0.2, 0.25) is 11.8 Å². The van der Waals surface area contributed by atoms with E-state index in [4.69, 9.17) is 14.0 Å². The van der Waals surface area contributed by atoms with Crippen LogP contribution in [-0.4, -0.2) is 43.3 Å². The van der Waals surface area contributed by atoms with Crippen LogP contribution in [0.1, 0.15) is 30.1 Å². The molecule has 2 heterocycles. The second kappa shape index (κ2) is 7.57. The number of likely N-dealkylation sites (tertiary alicyclic amines) is 1. The topological polar surface area (TPSA) is 76.8 Å². The van der Waals surface area contributed by atoms with Gasteiger partial charge in [-0.05, 0) is 32.4 Å². The molecule has 0 aliphatic carbocycles. The standard InChI is InChI=1S/C18H23N3O4/c1-12-9-18(25-20-12)19-17(22)11-21-8-4-5-15(21)14-7-6-13(23-2)10-16(14)24-3/h6-7,9-10,15H,4-5,8,11H2,1-3H3,(H,19,22). The van der Waals surface area contributed by atoms with E-state index in [1.807, 2.05) is 25.1 Å². The Balaban J connectivity index is 1.71. The molecule has 1 aromatic heterocycles. The molecule has 7 heteroatoms. The van der Waals surface area contributed by atoms with E-state index < -0.39 is 0 Å². The average Bonchev–Trinajstić information content (AvgIpc) is 3.23. The van der Waals surface area contributed by atoms with Crippen LogP contribution in [0.5, 0.6) is 11.5 Å². The lowest BCUT2D eigenvalue weighted by Crippen LogP contribution is -2.33. The number of methoxy groups -OCH3 is 2. The van der Waals surface area contributed by atoms with Crippen molar-refractivity contribution >= 4 is 11.8 Å². The smallest absolute Gasteiger partial charge is 0.240 e. The largest absolute Gasteiger partial charge is 0.497 e. The highest BCUT2D eigenvalue weighted by Gasteiger charge is 2.30. The number of benzene rings is 1. The number of hydrogen-bond donors (Lipinski definition) is 1. The lowest BCUT2D eigenvalue weighted by Gasteiger charge is -2.25. The highest BCUT2D eigenvalue weighted by Crippen LogP contribution is 2.38. The van der Waals surface area contributed by atoms with Crippen LogP contribution in [0.4, 0.5) is 5.88 Å². The number of hydrogen-bond acceptors (Lipinski definition) is 6. The molecule has 134 valence electrons. The second-order valence-electron chi connectivity index (χ2n) is 6.12. The molecule has 25 heavy (non-hydrogen) atoms. The maximum atomic E-state index is 12.3. The number of rotatable bonds is 6. The van der Waals surface area contributed by atoms with Crippen molar-refractivity contribution < 1.29 is 18.8 Å². The molecule has 0 radical (unpaired) electrons. The van der Waals surface area contributed by atoms with Crippen molar-refractivity contribution in [2.75, 3.05) is 32.6 Å². The Labute approximate surface area is 146 Å². The molecule has 1 N–H and O–H groups in total. The molecular formula is C18H23N3O4. The predicted molar refractivity (Wildman–Crippen MR) is 93.0 cm³/mol. The molecule has 1 unspecified atom stereocenters. The number of amides is 1. The molecule has 0 saturated carbocycles. The van der Waals surface area contributed by atoms with Gasteiger partial charge in [-0.1, -0.05) is 11.2 Å². The molecule has 1 saturated heterocycles. The van der Waals surface area contributed by atoms with Crippen molar-refractivity contribution in [1.82, 2.24) is 10.1 Å². The van der Waals surface area contributed by atoms with Gasteiger partial charge in [0.15, 0.2) is 0 Å². The lowest BCUT2D eigenvalue weighted by molar-refractivity contribution is -0.117. The number of ether oxygens (including phenoxy) is 2. The van der Waals surface area contributed by atoms with Crippen molar-refractivity contribution in [1.29, 1.82) is 0 Å². The summed E-state index contributed by atoms with van der Waals surface area (Å²) in [5.41, 5.74) is 1.81. The van der Waals surface area contributed by atoms with Crippen molar-refractivity contribution in [2.24, 2.45) is 0 Å². The van der Waals surface area contributed by atoms with Crippen LogP contribution in [0, 0.1) is 6.92 Å². The highest BCUT2D eigenvalue weighted by molar-refractivity contribution is 5.91.